The molecular weight excluding hydrogens is 258 g/mol. The topological polar surface area (TPSA) is 66.8 Å². The van der Waals surface area contributed by atoms with Crippen molar-refractivity contribution in [2.24, 2.45) is 5.41 Å². The smallest absolute Gasteiger partial charge is 0.303 e. The van der Waals surface area contributed by atoms with E-state index in [2.05, 4.69) is 0 Å². The second kappa shape index (κ2) is 8.25. The lowest BCUT2D eigenvalue weighted by molar-refractivity contribution is -0.142. The van der Waals surface area contributed by atoms with Gasteiger partial charge in [-0.3, -0.25) is 9.59 Å². The molecule has 0 heterocycles. The highest BCUT2D eigenvalue weighted by Gasteiger charge is 2.37. The third-order valence-electron chi connectivity index (χ3n) is 4.17. The number of ether oxygens (including phenoxy) is 1. The molecule has 20 heavy (non-hydrogen) atoms. The molecule has 116 valence electrons. The first-order chi connectivity index (χ1) is 9.49. The van der Waals surface area contributed by atoms with Gasteiger partial charge in [0.05, 0.1) is 13.0 Å². The zero-order valence-corrected chi connectivity index (χ0v) is 12.7. The average molecular weight is 285 g/mol. The van der Waals surface area contributed by atoms with Gasteiger partial charge in [0.15, 0.2) is 0 Å². The summed E-state index contributed by atoms with van der Waals surface area (Å²) < 4.78 is 5.25. The first-order valence-electron chi connectivity index (χ1n) is 7.52. The van der Waals surface area contributed by atoms with Crippen LogP contribution in [0.3, 0.4) is 0 Å². The molecule has 1 saturated carbocycles. The van der Waals surface area contributed by atoms with Crippen LogP contribution < -0.4 is 0 Å². The van der Waals surface area contributed by atoms with Crippen LogP contribution in [0.25, 0.3) is 0 Å². The summed E-state index contributed by atoms with van der Waals surface area (Å²) in [5.41, 5.74) is -0.332. The number of carboxylic acids is 1. The van der Waals surface area contributed by atoms with E-state index in [4.69, 9.17) is 9.84 Å². The van der Waals surface area contributed by atoms with Crippen LogP contribution in [0.15, 0.2) is 0 Å². The van der Waals surface area contributed by atoms with Gasteiger partial charge in [0.25, 0.3) is 0 Å². The Morgan fingerprint density at radius 2 is 1.85 bits per heavy atom. The van der Waals surface area contributed by atoms with Crippen molar-refractivity contribution in [1.82, 2.24) is 4.90 Å². The summed E-state index contributed by atoms with van der Waals surface area (Å²) in [7, 11) is 1.76. The second-order valence-electron chi connectivity index (χ2n) is 5.82. The maximum Gasteiger partial charge on any atom is 0.303 e. The normalized spacial score (nSPS) is 17.7. The summed E-state index contributed by atoms with van der Waals surface area (Å²) in [6.45, 7) is 3.66. The number of aliphatic carboxylic acids is 1. The van der Waals surface area contributed by atoms with Crippen molar-refractivity contribution >= 4 is 11.9 Å². The minimum Gasteiger partial charge on any atom is -0.481 e. The Hall–Kier alpha value is -1.10. The predicted molar refractivity (Wildman–Crippen MR) is 76.5 cm³/mol. The van der Waals surface area contributed by atoms with Crippen LogP contribution in [0.5, 0.6) is 0 Å². The van der Waals surface area contributed by atoms with Crippen LogP contribution in [0, 0.1) is 5.41 Å². The molecule has 0 aliphatic heterocycles. The Kier molecular flexibility index (Phi) is 6.99. The summed E-state index contributed by atoms with van der Waals surface area (Å²) in [5.74, 6) is -0.760. The van der Waals surface area contributed by atoms with E-state index in [1.54, 1.807) is 11.9 Å². The molecule has 1 aliphatic rings. The summed E-state index contributed by atoms with van der Waals surface area (Å²) in [6, 6.07) is 0. The van der Waals surface area contributed by atoms with Crippen LogP contribution in [-0.2, 0) is 14.3 Å². The van der Waals surface area contributed by atoms with E-state index < -0.39 is 5.97 Å². The van der Waals surface area contributed by atoms with Gasteiger partial charge in [0, 0.05) is 26.6 Å². The Morgan fingerprint density at radius 1 is 1.20 bits per heavy atom. The fraction of sp³-hybridized carbons (Fsp3) is 0.867. The summed E-state index contributed by atoms with van der Waals surface area (Å²) >= 11 is 0. The molecule has 1 amide bonds. The predicted octanol–water partition coefficient (Wildman–Crippen LogP) is 2.30. The molecule has 0 unspecified atom stereocenters. The Bertz CT molecular complexity index is 324. The number of likely N-dealkylation sites (N-methyl/N-ethyl adjacent to an activating group) is 1. The summed E-state index contributed by atoms with van der Waals surface area (Å²) in [4.78, 5) is 25.0. The van der Waals surface area contributed by atoms with Crippen molar-refractivity contribution in [3.05, 3.63) is 0 Å². The highest BCUT2D eigenvalue weighted by molar-refractivity contribution is 5.78. The van der Waals surface area contributed by atoms with Gasteiger partial charge in [0.2, 0.25) is 5.91 Å². The molecule has 0 aromatic carbocycles. The van der Waals surface area contributed by atoms with Crippen molar-refractivity contribution in [1.29, 1.82) is 0 Å². The van der Waals surface area contributed by atoms with E-state index in [1.165, 1.54) is 0 Å². The van der Waals surface area contributed by atoms with E-state index in [0.717, 1.165) is 32.1 Å². The molecule has 0 spiro atoms. The fourth-order valence-corrected chi connectivity index (χ4v) is 2.96. The monoisotopic (exact) mass is 285 g/mol. The lowest BCUT2D eigenvalue weighted by atomic mass is 9.69. The van der Waals surface area contributed by atoms with Gasteiger partial charge in [-0.25, -0.2) is 0 Å². The minimum atomic E-state index is -0.795. The highest BCUT2D eigenvalue weighted by Crippen LogP contribution is 2.42. The maximum atomic E-state index is 12.3. The van der Waals surface area contributed by atoms with Crippen LogP contribution >= 0.6 is 0 Å². The van der Waals surface area contributed by atoms with E-state index in [1.807, 2.05) is 6.92 Å². The number of carbonyl (C=O) groups excluding carboxylic acids is 1. The Morgan fingerprint density at radius 3 is 2.40 bits per heavy atom. The number of nitrogens with zero attached hydrogens (tertiary/aromatic N) is 1. The van der Waals surface area contributed by atoms with Gasteiger partial charge >= 0.3 is 5.97 Å². The molecule has 1 N–H and O–H groups in total. The quantitative estimate of drug-likeness (QED) is 0.695. The first kappa shape index (κ1) is 17.0. The summed E-state index contributed by atoms with van der Waals surface area (Å²) in [5, 5.41) is 9.11. The largest absolute Gasteiger partial charge is 0.481 e. The molecule has 0 saturated heterocycles. The van der Waals surface area contributed by atoms with Crippen LogP contribution in [0.2, 0.25) is 0 Å². The number of rotatable bonds is 8. The van der Waals surface area contributed by atoms with Crippen molar-refractivity contribution in [3.63, 3.8) is 0 Å². The first-order valence-corrected chi connectivity index (χ1v) is 7.52. The lowest BCUT2D eigenvalue weighted by Gasteiger charge is -2.36. The van der Waals surface area contributed by atoms with Gasteiger partial charge in [-0.05, 0) is 25.2 Å². The maximum absolute atomic E-state index is 12.3. The number of hydrogen-bond donors (Lipinski definition) is 1. The summed E-state index contributed by atoms with van der Waals surface area (Å²) in [6.07, 6.45) is 5.37. The molecular formula is C15H27NO4. The third-order valence-corrected chi connectivity index (χ3v) is 4.17. The lowest BCUT2D eigenvalue weighted by Crippen LogP contribution is -2.37. The van der Waals surface area contributed by atoms with E-state index in [-0.39, 0.29) is 17.7 Å². The third kappa shape index (κ3) is 5.49. The molecule has 1 rings (SSSR count). The Balaban J connectivity index is 2.55. The van der Waals surface area contributed by atoms with Crippen molar-refractivity contribution < 1.29 is 19.4 Å². The van der Waals surface area contributed by atoms with Crippen LogP contribution in [-0.4, -0.2) is 48.7 Å². The molecule has 0 aromatic rings. The SMILES string of the molecule is CCOCCN(C)C(=O)CC1(CC(=O)O)CCCCC1. The standard InChI is InChI=1S/C15H27NO4/c1-3-20-10-9-16(2)13(17)11-15(12-14(18)19)7-5-4-6-8-15/h3-12H2,1-2H3,(H,18,19). The fourth-order valence-electron chi connectivity index (χ4n) is 2.96. The van der Waals surface area contributed by atoms with Crippen molar-refractivity contribution in [2.45, 2.75) is 51.9 Å². The molecule has 0 bridgehead atoms. The number of carbonyl (C=O) groups is 2. The molecule has 0 aromatic heterocycles. The molecule has 1 aliphatic carbocycles. The average Bonchev–Trinajstić information content (AvgIpc) is 2.38. The number of carboxylic acid groups (broad SMARTS) is 1. The zero-order valence-electron chi connectivity index (χ0n) is 12.7. The number of hydrogen-bond acceptors (Lipinski definition) is 3. The molecule has 5 heteroatoms. The molecule has 0 radical (unpaired) electrons. The van der Waals surface area contributed by atoms with Gasteiger partial charge in [-0.15, -0.1) is 0 Å². The zero-order chi connectivity index (χ0) is 15.0. The van der Waals surface area contributed by atoms with Gasteiger partial charge < -0.3 is 14.7 Å². The van der Waals surface area contributed by atoms with Gasteiger partial charge in [-0.2, -0.15) is 0 Å². The Labute approximate surface area is 121 Å². The van der Waals surface area contributed by atoms with E-state index in [0.29, 0.717) is 26.2 Å². The van der Waals surface area contributed by atoms with Crippen molar-refractivity contribution in [3.8, 4) is 0 Å². The second-order valence-corrected chi connectivity index (χ2v) is 5.82. The van der Waals surface area contributed by atoms with Crippen molar-refractivity contribution in [2.75, 3.05) is 26.8 Å². The number of amides is 1. The van der Waals surface area contributed by atoms with E-state index in [9.17, 15) is 9.59 Å². The molecule has 0 atom stereocenters. The molecule has 5 nitrogen and oxygen atoms in total. The highest BCUT2D eigenvalue weighted by atomic mass is 16.5. The van der Waals surface area contributed by atoms with Crippen LogP contribution in [0.4, 0.5) is 0 Å². The van der Waals surface area contributed by atoms with Crippen LogP contribution in [0.1, 0.15) is 51.9 Å². The molecule has 1 fully saturated rings. The van der Waals surface area contributed by atoms with Gasteiger partial charge in [-0.1, -0.05) is 19.3 Å². The van der Waals surface area contributed by atoms with Gasteiger partial charge in [0.1, 0.15) is 0 Å². The minimum absolute atomic E-state index is 0.0350. The van der Waals surface area contributed by atoms with E-state index >= 15 is 0 Å².